The molecular formula is C9H12NO. The lowest BCUT2D eigenvalue weighted by Crippen LogP contribution is -2.22. The highest BCUT2D eigenvalue weighted by molar-refractivity contribution is 5.05. The third-order valence-corrected chi connectivity index (χ3v) is 1.28. The zero-order valence-electron chi connectivity index (χ0n) is 6.83. The number of rotatable bonds is 2. The average molecular weight is 150 g/mol. The van der Waals surface area contributed by atoms with Gasteiger partial charge in [-0.2, -0.15) is 0 Å². The van der Waals surface area contributed by atoms with Gasteiger partial charge in [0, 0.05) is 12.1 Å². The molecule has 0 aliphatic carbocycles. The largest absolute Gasteiger partial charge is 0.390 e. The summed E-state index contributed by atoms with van der Waals surface area (Å²) in [5.41, 5.74) is 0.197. The summed E-state index contributed by atoms with van der Waals surface area (Å²) >= 11 is 0. The smallest absolute Gasteiger partial charge is 0.0889 e. The first-order valence-corrected chi connectivity index (χ1v) is 3.62. The monoisotopic (exact) mass is 150 g/mol. The van der Waals surface area contributed by atoms with Gasteiger partial charge in [0.15, 0.2) is 0 Å². The molecule has 59 valence electrons. The molecule has 2 heteroatoms. The Morgan fingerprint density at radius 3 is 2.82 bits per heavy atom. The zero-order valence-corrected chi connectivity index (χ0v) is 6.83. The minimum Gasteiger partial charge on any atom is -0.390 e. The van der Waals surface area contributed by atoms with Gasteiger partial charge in [-0.1, -0.05) is 6.07 Å². The predicted octanol–water partition coefficient (Wildman–Crippen LogP) is 1.20. The van der Waals surface area contributed by atoms with E-state index in [1.54, 1.807) is 19.9 Å². The molecule has 1 aromatic rings. The van der Waals surface area contributed by atoms with Crippen LogP contribution in [0.1, 0.15) is 19.5 Å². The molecule has 0 unspecified atom stereocenters. The van der Waals surface area contributed by atoms with Crippen LogP contribution in [0.2, 0.25) is 0 Å². The van der Waals surface area contributed by atoms with E-state index in [4.69, 9.17) is 0 Å². The van der Waals surface area contributed by atoms with Crippen molar-refractivity contribution in [1.29, 1.82) is 0 Å². The third kappa shape index (κ3) is 3.14. The quantitative estimate of drug-likeness (QED) is 0.687. The van der Waals surface area contributed by atoms with Gasteiger partial charge < -0.3 is 5.11 Å². The van der Waals surface area contributed by atoms with Crippen LogP contribution in [-0.4, -0.2) is 15.7 Å². The fourth-order valence-electron chi connectivity index (χ4n) is 0.901. The Kier molecular flexibility index (Phi) is 2.25. The van der Waals surface area contributed by atoms with Crippen LogP contribution in [0.5, 0.6) is 0 Å². The molecule has 0 saturated carbocycles. The first kappa shape index (κ1) is 8.21. The van der Waals surface area contributed by atoms with Gasteiger partial charge in [-0.05, 0) is 26.0 Å². The van der Waals surface area contributed by atoms with E-state index >= 15 is 0 Å². The summed E-state index contributed by atoms with van der Waals surface area (Å²) in [6.45, 7) is 3.53. The maximum Gasteiger partial charge on any atom is 0.0889 e. The fourth-order valence-corrected chi connectivity index (χ4v) is 0.901. The molecule has 1 aromatic heterocycles. The van der Waals surface area contributed by atoms with Crippen molar-refractivity contribution in [2.75, 3.05) is 0 Å². The molecule has 0 aromatic carbocycles. The van der Waals surface area contributed by atoms with Gasteiger partial charge in [0.05, 0.1) is 11.8 Å². The molecule has 0 spiro atoms. The molecule has 0 aliphatic heterocycles. The molecule has 11 heavy (non-hydrogen) atoms. The van der Waals surface area contributed by atoms with Crippen LogP contribution in [0.25, 0.3) is 0 Å². The van der Waals surface area contributed by atoms with Gasteiger partial charge in [-0.15, -0.1) is 0 Å². The van der Waals surface area contributed by atoms with E-state index in [2.05, 4.69) is 11.2 Å². The third-order valence-electron chi connectivity index (χ3n) is 1.28. The number of aromatic nitrogens is 1. The Bertz CT molecular complexity index is 213. The summed E-state index contributed by atoms with van der Waals surface area (Å²) in [4.78, 5) is 3.98. The van der Waals surface area contributed by atoms with Crippen LogP contribution in [0.15, 0.2) is 18.2 Å². The van der Waals surface area contributed by atoms with Crippen LogP contribution >= 0.6 is 0 Å². The van der Waals surface area contributed by atoms with E-state index in [9.17, 15) is 5.11 Å². The van der Waals surface area contributed by atoms with Gasteiger partial charge in [-0.3, -0.25) is 4.98 Å². The van der Waals surface area contributed by atoms with Crippen molar-refractivity contribution in [1.82, 2.24) is 4.98 Å². The standard InChI is InChI=1S/C9H12NO/c1-9(2,11)7-8-5-3-4-6-10-8/h3-5,11H,7H2,1-2H3. The lowest BCUT2D eigenvalue weighted by atomic mass is 10.0. The summed E-state index contributed by atoms with van der Waals surface area (Å²) in [6, 6.07) is 5.50. The van der Waals surface area contributed by atoms with E-state index in [1.807, 2.05) is 12.1 Å². The number of nitrogens with zero attached hydrogens (tertiary/aromatic N) is 1. The lowest BCUT2D eigenvalue weighted by Gasteiger charge is -2.15. The molecule has 0 saturated heterocycles. The summed E-state index contributed by atoms with van der Waals surface area (Å²) < 4.78 is 0. The van der Waals surface area contributed by atoms with E-state index in [1.165, 1.54) is 0 Å². The highest BCUT2D eigenvalue weighted by Gasteiger charge is 2.13. The van der Waals surface area contributed by atoms with Gasteiger partial charge >= 0.3 is 0 Å². The average Bonchev–Trinajstić information content (AvgIpc) is 1.85. The summed E-state index contributed by atoms with van der Waals surface area (Å²) in [5, 5.41) is 9.42. The number of hydrogen-bond acceptors (Lipinski definition) is 2. The first-order valence-electron chi connectivity index (χ1n) is 3.62. The Balaban J connectivity index is 2.66. The molecule has 1 heterocycles. The van der Waals surface area contributed by atoms with Gasteiger partial charge in [0.2, 0.25) is 0 Å². The molecular weight excluding hydrogens is 138 g/mol. The summed E-state index contributed by atoms with van der Waals surface area (Å²) in [6.07, 6.45) is 3.30. The van der Waals surface area contributed by atoms with E-state index < -0.39 is 5.60 Å². The maximum atomic E-state index is 9.42. The van der Waals surface area contributed by atoms with Gasteiger partial charge in [-0.25, -0.2) is 0 Å². The molecule has 2 nitrogen and oxygen atoms in total. The number of aliphatic hydroxyl groups is 1. The summed E-state index contributed by atoms with van der Waals surface area (Å²) in [7, 11) is 0. The zero-order chi connectivity index (χ0) is 8.32. The van der Waals surface area contributed by atoms with Crippen molar-refractivity contribution in [2.45, 2.75) is 25.9 Å². The highest BCUT2D eigenvalue weighted by Crippen LogP contribution is 2.08. The molecule has 0 atom stereocenters. The van der Waals surface area contributed by atoms with Crippen LogP contribution in [0.4, 0.5) is 0 Å². The summed E-state index contributed by atoms with van der Waals surface area (Å²) in [5.74, 6) is 0. The normalized spacial score (nSPS) is 11.5. The van der Waals surface area contributed by atoms with Crippen molar-refractivity contribution < 1.29 is 5.11 Å². The molecule has 0 fully saturated rings. The van der Waals surface area contributed by atoms with Crippen molar-refractivity contribution in [2.24, 2.45) is 0 Å². The fraction of sp³-hybridized carbons (Fsp3) is 0.444. The van der Waals surface area contributed by atoms with Crippen molar-refractivity contribution >= 4 is 0 Å². The number of pyridine rings is 1. The molecule has 1 rings (SSSR count). The Morgan fingerprint density at radius 1 is 1.64 bits per heavy atom. The molecule has 1 radical (unpaired) electrons. The van der Waals surface area contributed by atoms with Crippen LogP contribution < -0.4 is 0 Å². The Hall–Kier alpha value is -0.890. The number of hydrogen-bond donors (Lipinski definition) is 1. The van der Waals surface area contributed by atoms with Crippen molar-refractivity contribution in [3.63, 3.8) is 0 Å². The molecule has 0 aliphatic rings. The van der Waals surface area contributed by atoms with Gasteiger partial charge in [0.25, 0.3) is 0 Å². The van der Waals surface area contributed by atoms with Crippen LogP contribution in [0, 0.1) is 6.20 Å². The predicted molar refractivity (Wildman–Crippen MR) is 43.1 cm³/mol. The van der Waals surface area contributed by atoms with E-state index in [0.29, 0.717) is 6.42 Å². The second-order valence-electron chi connectivity index (χ2n) is 3.25. The minimum absolute atomic E-state index is 0.574. The Morgan fingerprint density at radius 2 is 2.36 bits per heavy atom. The van der Waals surface area contributed by atoms with Crippen LogP contribution in [-0.2, 0) is 6.42 Å². The lowest BCUT2D eigenvalue weighted by molar-refractivity contribution is 0.0799. The van der Waals surface area contributed by atoms with E-state index in [-0.39, 0.29) is 0 Å². The second kappa shape index (κ2) is 3.01. The second-order valence-corrected chi connectivity index (χ2v) is 3.25. The van der Waals surface area contributed by atoms with Crippen LogP contribution in [0.3, 0.4) is 0 Å². The molecule has 1 N–H and O–H groups in total. The van der Waals surface area contributed by atoms with E-state index in [0.717, 1.165) is 5.69 Å². The SMILES string of the molecule is CC(C)(O)Cc1ccc[c]n1. The maximum absolute atomic E-state index is 9.42. The van der Waals surface area contributed by atoms with Crippen molar-refractivity contribution in [3.8, 4) is 0 Å². The first-order chi connectivity index (χ1) is 5.08. The highest BCUT2D eigenvalue weighted by atomic mass is 16.3. The van der Waals surface area contributed by atoms with Gasteiger partial charge in [0.1, 0.15) is 0 Å². The Labute approximate surface area is 66.9 Å². The minimum atomic E-state index is -0.678. The van der Waals surface area contributed by atoms with Crippen molar-refractivity contribution in [3.05, 3.63) is 30.1 Å². The topological polar surface area (TPSA) is 33.1 Å². The molecule has 0 bridgehead atoms. The molecule has 0 amide bonds.